The average Bonchev–Trinajstić information content (AvgIpc) is 2.88. The number of pyridine rings is 1. The second kappa shape index (κ2) is 8.48. The fraction of sp³-hybridized carbons (Fsp3) is 0.429. The highest BCUT2D eigenvalue weighted by Crippen LogP contribution is 2.23. The summed E-state index contributed by atoms with van der Waals surface area (Å²) in [6.45, 7) is 5.02. The summed E-state index contributed by atoms with van der Waals surface area (Å²) in [6.07, 6.45) is 2.72. The Morgan fingerprint density at radius 3 is 2.67 bits per heavy atom. The van der Waals surface area contributed by atoms with Crippen LogP contribution in [-0.2, 0) is 4.79 Å². The van der Waals surface area contributed by atoms with E-state index in [1.165, 1.54) is 12.1 Å². The zero-order chi connectivity index (χ0) is 19.4. The average molecular weight is 370 g/mol. The molecule has 2 aromatic rings. The predicted molar refractivity (Wildman–Crippen MR) is 105 cm³/mol. The van der Waals surface area contributed by atoms with Crippen molar-refractivity contribution in [1.82, 2.24) is 14.8 Å². The number of amides is 1. The number of carbonyl (C=O) groups is 1. The molecule has 0 bridgehead atoms. The van der Waals surface area contributed by atoms with Crippen LogP contribution in [0.25, 0.3) is 0 Å². The van der Waals surface area contributed by atoms with Crippen LogP contribution in [0.15, 0.2) is 42.6 Å². The van der Waals surface area contributed by atoms with Crippen LogP contribution in [0.1, 0.15) is 23.7 Å². The molecule has 3 rings (SSSR count). The fourth-order valence-electron chi connectivity index (χ4n) is 3.63. The van der Waals surface area contributed by atoms with Crippen LogP contribution >= 0.6 is 0 Å². The van der Waals surface area contributed by atoms with Crippen molar-refractivity contribution in [3.63, 3.8) is 0 Å². The minimum atomic E-state index is -0.476. The van der Waals surface area contributed by atoms with Crippen molar-refractivity contribution in [2.75, 3.05) is 45.2 Å². The van der Waals surface area contributed by atoms with E-state index in [1.807, 2.05) is 49.1 Å². The number of aryl methyl sites for hydroxylation is 1. The van der Waals surface area contributed by atoms with Gasteiger partial charge in [0.2, 0.25) is 5.91 Å². The van der Waals surface area contributed by atoms with E-state index in [1.54, 1.807) is 6.07 Å². The number of rotatable bonds is 4. The highest BCUT2D eigenvalue weighted by molar-refractivity contribution is 5.83. The van der Waals surface area contributed by atoms with Gasteiger partial charge in [-0.15, -0.1) is 0 Å². The van der Waals surface area contributed by atoms with E-state index >= 15 is 0 Å². The van der Waals surface area contributed by atoms with Crippen LogP contribution in [0.2, 0.25) is 0 Å². The molecule has 2 heterocycles. The van der Waals surface area contributed by atoms with E-state index in [0.717, 1.165) is 30.9 Å². The molecule has 6 heteroatoms. The maximum absolute atomic E-state index is 13.7. The number of hydrogen-bond donors (Lipinski definition) is 0. The lowest BCUT2D eigenvalue weighted by Gasteiger charge is -2.30. The first kappa shape index (κ1) is 19.3. The van der Waals surface area contributed by atoms with Gasteiger partial charge in [0.15, 0.2) is 0 Å². The molecule has 1 atom stereocenters. The highest BCUT2D eigenvalue weighted by Gasteiger charge is 2.29. The Hall–Kier alpha value is -2.47. The summed E-state index contributed by atoms with van der Waals surface area (Å²) >= 11 is 0. The third-order valence-corrected chi connectivity index (χ3v) is 4.97. The van der Waals surface area contributed by atoms with Crippen molar-refractivity contribution in [2.24, 2.45) is 0 Å². The zero-order valence-electron chi connectivity index (χ0n) is 16.2. The van der Waals surface area contributed by atoms with Gasteiger partial charge in [-0.2, -0.15) is 0 Å². The SMILES string of the molecule is Cc1cc(N2CCCN(C(=O)[C@@H](c3cccc(F)c3)N(C)C)CC2)ccn1. The maximum atomic E-state index is 13.7. The first-order chi connectivity index (χ1) is 13.0. The molecule has 1 amide bonds. The van der Waals surface area contributed by atoms with Crippen molar-refractivity contribution in [1.29, 1.82) is 0 Å². The number of benzene rings is 1. The Morgan fingerprint density at radius 2 is 1.96 bits per heavy atom. The monoisotopic (exact) mass is 370 g/mol. The highest BCUT2D eigenvalue weighted by atomic mass is 19.1. The van der Waals surface area contributed by atoms with E-state index in [2.05, 4.69) is 16.0 Å². The summed E-state index contributed by atoms with van der Waals surface area (Å²) in [5.41, 5.74) is 2.82. The van der Waals surface area contributed by atoms with Gasteiger partial charge in [-0.25, -0.2) is 4.39 Å². The van der Waals surface area contributed by atoms with Gasteiger partial charge >= 0.3 is 0 Å². The Labute approximate surface area is 160 Å². The lowest BCUT2D eigenvalue weighted by atomic mass is 10.0. The van der Waals surface area contributed by atoms with Gasteiger partial charge < -0.3 is 9.80 Å². The van der Waals surface area contributed by atoms with Crippen LogP contribution in [0.4, 0.5) is 10.1 Å². The fourth-order valence-corrected chi connectivity index (χ4v) is 3.63. The van der Waals surface area contributed by atoms with E-state index in [0.29, 0.717) is 18.7 Å². The Morgan fingerprint density at radius 1 is 1.15 bits per heavy atom. The molecule has 1 aliphatic rings. The number of nitrogens with zero attached hydrogens (tertiary/aromatic N) is 4. The Kier molecular flexibility index (Phi) is 6.06. The van der Waals surface area contributed by atoms with Crippen LogP contribution < -0.4 is 4.90 Å². The summed E-state index contributed by atoms with van der Waals surface area (Å²) in [5.74, 6) is -0.291. The van der Waals surface area contributed by atoms with Crippen LogP contribution in [0, 0.1) is 12.7 Å². The molecule has 1 aliphatic heterocycles. The zero-order valence-corrected chi connectivity index (χ0v) is 16.2. The smallest absolute Gasteiger partial charge is 0.244 e. The van der Waals surface area contributed by atoms with Crippen LogP contribution in [0.3, 0.4) is 0 Å². The normalized spacial score (nSPS) is 16.3. The molecular weight excluding hydrogens is 343 g/mol. The molecule has 1 aromatic heterocycles. The van der Waals surface area contributed by atoms with Crippen molar-refractivity contribution in [3.8, 4) is 0 Å². The van der Waals surface area contributed by atoms with Crippen LogP contribution in [0.5, 0.6) is 0 Å². The quantitative estimate of drug-likeness (QED) is 0.830. The van der Waals surface area contributed by atoms with Crippen molar-refractivity contribution >= 4 is 11.6 Å². The molecule has 1 fully saturated rings. The number of likely N-dealkylation sites (N-methyl/N-ethyl adjacent to an activating group) is 1. The predicted octanol–water partition coefficient (Wildman–Crippen LogP) is 2.87. The third-order valence-electron chi connectivity index (χ3n) is 4.97. The van der Waals surface area contributed by atoms with Gasteiger partial charge in [-0.1, -0.05) is 12.1 Å². The molecule has 0 unspecified atom stereocenters. The topological polar surface area (TPSA) is 39.7 Å². The third kappa shape index (κ3) is 4.63. The van der Waals surface area contributed by atoms with Gasteiger partial charge in [-0.3, -0.25) is 14.7 Å². The van der Waals surface area contributed by atoms with E-state index < -0.39 is 6.04 Å². The van der Waals surface area contributed by atoms with Gasteiger partial charge in [0.05, 0.1) is 0 Å². The molecule has 0 saturated carbocycles. The largest absolute Gasteiger partial charge is 0.370 e. The number of hydrogen-bond acceptors (Lipinski definition) is 4. The Balaban J connectivity index is 1.74. The lowest BCUT2D eigenvalue weighted by molar-refractivity contribution is -0.136. The van der Waals surface area contributed by atoms with Gasteiger partial charge in [0.25, 0.3) is 0 Å². The second-order valence-electron chi connectivity index (χ2n) is 7.24. The molecule has 0 radical (unpaired) electrons. The summed E-state index contributed by atoms with van der Waals surface area (Å²) in [5, 5.41) is 0. The molecular formula is C21H27FN4O. The van der Waals surface area contributed by atoms with Gasteiger partial charge in [0.1, 0.15) is 11.9 Å². The summed E-state index contributed by atoms with van der Waals surface area (Å²) in [6, 6.07) is 9.94. The maximum Gasteiger partial charge on any atom is 0.244 e. The van der Waals surface area contributed by atoms with E-state index in [-0.39, 0.29) is 11.7 Å². The van der Waals surface area contributed by atoms with Crippen LogP contribution in [-0.4, -0.2) is 61.0 Å². The molecule has 1 aromatic carbocycles. The molecule has 0 N–H and O–H groups in total. The van der Waals surface area contributed by atoms with E-state index in [4.69, 9.17) is 0 Å². The first-order valence-electron chi connectivity index (χ1n) is 9.34. The molecule has 0 spiro atoms. The van der Waals surface area contributed by atoms with Crippen molar-refractivity contribution in [2.45, 2.75) is 19.4 Å². The molecule has 1 saturated heterocycles. The molecule has 144 valence electrons. The number of aromatic nitrogens is 1. The second-order valence-corrected chi connectivity index (χ2v) is 7.24. The standard InChI is InChI=1S/C21H27FN4O/c1-16-14-19(8-9-23-16)25-10-5-11-26(13-12-25)21(27)20(24(2)3)17-6-4-7-18(22)15-17/h4,6-9,14-15,20H,5,10-13H2,1-3H3/t20-/m1/s1. The number of carbonyl (C=O) groups excluding carboxylic acids is 1. The minimum absolute atomic E-state index is 0.0263. The lowest BCUT2D eigenvalue weighted by Crippen LogP contribution is -2.42. The first-order valence-corrected chi connectivity index (χ1v) is 9.34. The van der Waals surface area contributed by atoms with Gasteiger partial charge in [0, 0.05) is 43.8 Å². The summed E-state index contributed by atoms with van der Waals surface area (Å²) in [7, 11) is 3.72. The summed E-state index contributed by atoms with van der Waals surface area (Å²) in [4.78, 5) is 23.6. The van der Waals surface area contributed by atoms with Crippen molar-refractivity contribution in [3.05, 3.63) is 59.7 Å². The number of halogens is 1. The van der Waals surface area contributed by atoms with Crippen molar-refractivity contribution < 1.29 is 9.18 Å². The van der Waals surface area contributed by atoms with E-state index in [9.17, 15) is 9.18 Å². The van der Waals surface area contributed by atoms with Gasteiger partial charge in [-0.05, 0) is 57.3 Å². The number of anilines is 1. The molecule has 27 heavy (non-hydrogen) atoms. The Bertz CT molecular complexity index is 795. The minimum Gasteiger partial charge on any atom is -0.370 e. The summed E-state index contributed by atoms with van der Waals surface area (Å²) < 4.78 is 13.7. The molecule has 5 nitrogen and oxygen atoms in total. The molecule has 0 aliphatic carbocycles.